The maximum Gasteiger partial charge on any atom is 0.435 e. The summed E-state index contributed by atoms with van der Waals surface area (Å²) in [7, 11) is -4.39. The summed E-state index contributed by atoms with van der Waals surface area (Å²) in [6.45, 7) is 4.58. The molecule has 0 saturated carbocycles. The smallest absolute Gasteiger partial charge is 0.397 e. The van der Waals surface area contributed by atoms with E-state index in [2.05, 4.69) is 20.5 Å². The molecule has 0 aliphatic carbocycles. The van der Waals surface area contributed by atoms with Crippen molar-refractivity contribution < 1.29 is 26.4 Å². The SMILES string of the molecule is Cc1nc(C(F)(F)F)c(S(=O)(=O)N2CC(NC(=O)c3sc4nnc(C)c(C)c4c3N)C2)s1. The molecule has 1 fully saturated rings. The molecule has 0 bridgehead atoms. The van der Waals surface area contributed by atoms with Gasteiger partial charge in [0.05, 0.1) is 22.4 Å². The van der Waals surface area contributed by atoms with Crippen molar-refractivity contribution in [1.82, 2.24) is 24.8 Å². The third kappa shape index (κ3) is 3.72. The second-order valence-electron chi connectivity index (χ2n) is 7.29. The summed E-state index contributed by atoms with van der Waals surface area (Å²) in [6.07, 6.45) is -4.89. The first-order valence-electron chi connectivity index (χ1n) is 9.18. The second-order valence-corrected chi connectivity index (χ2v) is 11.6. The average Bonchev–Trinajstić information content (AvgIpc) is 3.22. The molecule has 1 saturated heterocycles. The molecule has 172 valence electrons. The minimum absolute atomic E-state index is 0.00450. The van der Waals surface area contributed by atoms with Gasteiger partial charge >= 0.3 is 6.18 Å². The first-order valence-corrected chi connectivity index (χ1v) is 12.3. The number of aryl methyl sites for hydroxylation is 3. The lowest BCUT2D eigenvalue weighted by Crippen LogP contribution is -2.60. The second kappa shape index (κ2) is 7.60. The van der Waals surface area contributed by atoms with Gasteiger partial charge in [0.15, 0.2) is 9.90 Å². The Hall–Kier alpha value is -2.36. The number of nitrogens with zero attached hydrogens (tertiary/aromatic N) is 4. The molecular formula is C17H17F3N6O3S3. The predicted octanol–water partition coefficient (Wildman–Crippen LogP) is 2.48. The van der Waals surface area contributed by atoms with Gasteiger partial charge in [-0.2, -0.15) is 22.6 Å². The lowest BCUT2D eigenvalue weighted by molar-refractivity contribution is -0.143. The normalized spacial score (nSPS) is 15.8. The van der Waals surface area contributed by atoms with Gasteiger partial charge in [0.1, 0.15) is 9.71 Å². The molecule has 0 aromatic carbocycles. The first-order chi connectivity index (χ1) is 14.8. The number of carbonyl (C=O) groups excluding carboxylic acids is 1. The topological polar surface area (TPSA) is 131 Å². The summed E-state index contributed by atoms with van der Waals surface area (Å²) in [5.74, 6) is -0.505. The monoisotopic (exact) mass is 506 g/mol. The summed E-state index contributed by atoms with van der Waals surface area (Å²) in [4.78, 5) is 16.8. The van der Waals surface area contributed by atoms with E-state index in [1.54, 1.807) is 6.92 Å². The number of hydrogen-bond donors (Lipinski definition) is 2. The minimum Gasteiger partial charge on any atom is -0.397 e. The molecule has 0 radical (unpaired) electrons. The summed E-state index contributed by atoms with van der Waals surface area (Å²) in [5, 5.41) is 11.4. The van der Waals surface area contributed by atoms with Gasteiger partial charge in [-0.25, -0.2) is 13.4 Å². The van der Waals surface area contributed by atoms with Gasteiger partial charge in [-0.3, -0.25) is 4.79 Å². The van der Waals surface area contributed by atoms with Crippen LogP contribution in [0, 0.1) is 20.8 Å². The fraction of sp³-hybridized carbons (Fsp3) is 0.412. The van der Waals surface area contributed by atoms with Crippen LogP contribution in [0.1, 0.15) is 31.6 Å². The highest BCUT2D eigenvalue weighted by Crippen LogP contribution is 2.39. The molecule has 0 spiro atoms. The van der Waals surface area contributed by atoms with Crippen molar-refractivity contribution >= 4 is 54.5 Å². The molecule has 3 aromatic rings. The molecule has 9 nitrogen and oxygen atoms in total. The van der Waals surface area contributed by atoms with Crippen LogP contribution in [-0.4, -0.2) is 52.9 Å². The number of nitrogens with one attached hydrogen (secondary N) is 1. The van der Waals surface area contributed by atoms with Gasteiger partial charge in [-0.05, 0) is 26.3 Å². The molecule has 1 amide bonds. The predicted molar refractivity (Wildman–Crippen MR) is 113 cm³/mol. The van der Waals surface area contributed by atoms with Gasteiger partial charge in [-0.15, -0.1) is 27.8 Å². The van der Waals surface area contributed by atoms with Gasteiger partial charge in [0.25, 0.3) is 15.9 Å². The number of aromatic nitrogens is 3. The fourth-order valence-electron chi connectivity index (χ4n) is 3.27. The number of carbonyl (C=O) groups is 1. The quantitative estimate of drug-likeness (QED) is 0.556. The van der Waals surface area contributed by atoms with E-state index >= 15 is 0 Å². The number of anilines is 1. The Balaban J connectivity index is 1.49. The molecule has 0 unspecified atom stereocenters. The number of alkyl halides is 3. The molecule has 3 aromatic heterocycles. The maximum atomic E-state index is 13.2. The lowest BCUT2D eigenvalue weighted by Gasteiger charge is -2.38. The number of nitrogen functional groups attached to an aromatic ring is 1. The zero-order valence-corrected chi connectivity index (χ0v) is 19.4. The number of amides is 1. The van der Waals surface area contributed by atoms with E-state index in [0.29, 0.717) is 27.2 Å². The number of fused-ring (bicyclic) bond motifs is 1. The van der Waals surface area contributed by atoms with E-state index in [9.17, 15) is 26.4 Å². The van der Waals surface area contributed by atoms with E-state index in [4.69, 9.17) is 5.73 Å². The van der Waals surface area contributed by atoms with Crippen LogP contribution in [0.4, 0.5) is 18.9 Å². The molecule has 1 aliphatic heterocycles. The zero-order chi connectivity index (χ0) is 23.6. The average molecular weight is 507 g/mol. The van der Waals surface area contributed by atoms with E-state index in [-0.39, 0.29) is 28.7 Å². The highest BCUT2D eigenvalue weighted by Gasteiger charge is 2.46. The maximum absolute atomic E-state index is 13.2. The van der Waals surface area contributed by atoms with E-state index in [1.807, 2.05) is 6.92 Å². The Labute approximate surface area is 188 Å². The third-order valence-corrected chi connectivity index (χ3v) is 9.45. The largest absolute Gasteiger partial charge is 0.435 e. The van der Waals surface area contributed by atoms with Crippen molar-refractivity contribution in [3.05, 3.63) is 26.8 Å². The Kier molecular flexibility index (Phi) is 5.42. The van der Waals surface area contributed by atoms with Crippen molar-refractivity contribution in [2.24, 2.45) is 0 Å². The number of rotatable bonds is 4. The highest BCUT2D eigenvalue weighted by molar-refractivity contribution is 7.91. The molecule has 1 aliphatic rings. The van der Waals surface area contributed by atoms with Crippen molar-refractivity contribution in [1.29, 1.82) is 0 Å². The Morgan fingerprint density at radius 3 is 2.47 bits per heavy atom. The van der Waals surface area contributed by atoms with E-state index < -0.39 is 38.1 Å². The van der Waals surface area contributed by atoms with Gasteiger partial charge in [0, 0.05) is 18.5 Å². The summed E-state index contributed by atoms with van der Waals surface area (Å²) in [6, 6.07) is -0.570. The van der Waals surface area contributed by atoms with Crippen LogP contribution in [0.3, 0.4) is 0 Å². The van der Waals surface area contributed by atoms with Gasteiger partial charge < -0.3 is 11.1 Å². The van der Waals surface area contributed by atoms with Crippen LogP contribution in [-0.2, 0) is 16.2 Å². The number of halogens is 3. The Morgan fingerprint density at radius 2 is 1.84 bits per heavy atom. The number of thiophene rings is 1. The Bertz CT molecular complexity index is 1340. The minimum atomic E-state index is -4.89. The van der Waals surface area contributed by atoms with Crippen LogP contribution in [0.15, 0.2) is 4.21 Å². The fourth-order valence-corrected chi connectivity index (χ4v) is 7.42. The number of sulfonamides is 1. The van der Waals surface area contributed by atoms with Crippen LogP contribution < -0.4 is 11.1 Å². The lowest BCUT2D eigenvalue weighted by atomic mass is 10.1. The van der Waals surface area contributed by atoms with Gasteiger partial charge in [-0.1, -0.05) is 0 Å². The molecule has 32 heavy (non-hydrogen) atoms. The highest BCUT2D eigenvalue weighted by atomic mass is 32.2. The van der Waals surface area contributed by atoms with Crippen molar-refractivity contribution in [2.45, 2.75) is 37.2 Å². The summed E-state index contributed by atoms with van der Waals surface area (Å²) >= 11 is 1.54. The van der Waals surface area contributed by atoms with Crippen LogP contribution in [0.2, 0.25) is 0 Å². The van der Waals surface area contributed by atoms with Crippen molar-refractivity contribution in [3.63, 3.8) is 0 Å². The molecule has 0 atom stereocenters. The van der Waals surface area contributed by atoms with Crippen LogP contribution in [0.5, 0.6) is 0 Å². The molecular weight excluding hydrogens is 489 g/mol. The zero-order valence-electron chi connectivity index (χ0n) is 16.9. The van der Waals surface area contributed by atoms with Crippen LogP contribution in [0.25, 0.3) is 10.2 Å². The Morgan fingerprint density at radius 1 is 1.19 bits per heavy atom. The third-order valence-electron chi connectivity index (χ3n) is 5.07. The first kappa shape index (κ1) is 22.8. The van der Waals surface area contributed by atoms with Crippen LogP contribution >= 0.6 is 22.7 Å². The standard InChI is InChI=1S/C17H17F3N6O3S3/c1-6-7(2)24-25-15-10(6)11(21)12(31-15)14(27)23-9-4-26(5-9)32(28,29)16-13(17(18,19)20)22-8(3)30-16/h9H,4-5,21H2,1-3H3,(H,23,27). The molecule has 4 rings (SSSR count). The van der Waals surface area contributed by atoms with E-state index in [0.717, 1.165) is 21.2 Å². The van der Waals surface area contributed by atoms with Gasteiger partial charge in [0.2, 0.25) is 0 Å². The van der Waals surface area contributed by atoms with Crippen molar-refractivity contribution in [2.75, 3.05) is 18.8 Å². The van der Waals surface area contributed by atoms with Crippen molar-refractivity contribution in [3.8, 4) is 0 Å². The summed E-state index contributed by atoms with van der Waals surface area (Å²) in [5.41, 5.74) is 6.48. The molecule has 15 heteroatoms. The number of nitrogens with two attached hydrogens (primary N) is 1. The summed E-state index contributed by atoms with van der Waals surface area (Å²) < 4.78 is 64.9. The number of thiazole rings is 1. The number of hydrogen-bond acceptors (Lipinski definition) is 9. The molecule has 3 N–H and O–H groups in total. The molecule has 4 heterocycles. The van der Waals surface area contributed by atoms with E-state index in [1.165, 1.54) is 6.92 Å².